The number of hydrogen-bond donors (Lipinski definition) is 1. The third-order valence-corrected chi connectivity index (χ3v) is 4.92. The van der Waals surface area contributed by atoms with Gasteiger partial charge in [-0.2, -0.15) is 0 Å². The first kappa shape index (κ1) is 14.6. The fourth-order valence-corrected chi connectivity index (χ4v) is 3.56. The zero-order valence-electron chi connectivity index (χ0n) is 11.9. The lowest BCUT2D eigenvalue weighted by Crippen LogP contribution is -2.42. The van der Waals surface area contributed by atoms with Crippen LogP contribution in [0, 0.1) is 5.21 Å². The maximum atomic E-state index is 12.3. The van der Waals surface area contributed by atoms with Crippen molar-refractivity contribution in [2.24, 2.45) is 0 Å². The van der Waals surface area contributed by atoms with E-state index in [-0.39, 0.29) is 6.17 Å². The molecule has 0 spiro atoms. The van der Waals surface area contributed by atoms with Gasteiger partial charge in [0.1, 0.15) is 5.82 Å². The van der Waals surface area contributed by atoms with E-state index < -0.39 is 11.2 Å². The van der Waals surface area contributed by atoms with Crippen molar-refractivity contribution < 1.29 is 4.21 Å². The first-order chi connectivity index (χ1) is 9.06. The van der Waals surface area contributed by atoms with E-state index in [1.807, 2.05) is 0 Å². The minimum atomic E-state index is -1.26. The highest BCUT2D eigenvalue weighted by atomic mass is 32.2. The van der Waals surface area contributed by atoms with Crippen molar-refractivity contribution in [3.8, 4) is 0 Å². The van der Waals surface area contributed by atoms with Crippen LogP contribution in [0.3, 0.4) is 0 Å². The number of rotatable bonds is 5. The van der Waals surface area contributed by atoms with E-state index in [9.17, 15) is 9.42 Å². The molecule has 0 radical (unpaired) electrons. The Hall–Kier alpha value is -0.790. The van der Waals surface area contributed by atoms with Gasteiger partial charge in [0.25, 0.3) is 0 Å². The summed E-state index contributed by atoms with van der Waals surface area (Å²) >= 11 is -1.26. The minimum absolute atomic E-state index is 0.201. The quantitative estimate of drug-likeness (QED) is 0.775. The monoisotopic (exact) mass is 287 g/mol. The van der Waals surface area contributed by atoms with E-state index >= 15 is 0 Å². The number of hydroxylamine groups is 2. The van der Waals surface area contributed by atoms with Crippen molar-refractivity contribution in [2.45, 2.75) is 45.2 Å². The van der Waals surface area contributed by atoms with Crippen molar-refractivity contribution in [2.75, 3.05) is 20.6 Å². The highest BCUT2D eigenvalue weighted by Gasteiger charge is 2.35. The molecule has 0 aromatic rings. The molecule has 0 aromatic heterocycles. The van der Waals surface area contributed by atoms with Crippen molar-refractivity contribution >= 4 is 11.2 Å². The van der Waals surface area contributed by atoms with Gasteiger partial charge in [-0.15, -0.1) is 0 Å². The fourth-order valence-electron chi connectivity index (χ4n) is 2.56. The SMILES string of the molecule is CCCCCCC1NC2=C(N1[O-])N(C)S(=O)N(C)C2. The zero-order chi connectivity index (χ0) is 14.0. The van der Waals surface area contributed by atoms with Crippen LogP contribution in [0.5, 0.6) is 0 Å². The standard InChI is InChI=1S/C12H23N4O2S/c1-4-5-6-7-8-11-13-10-9-14(2)19(18)15(3)12(10)16(11)17/h11,13H,4-9H2,1-3H3/q-1. The molecular formula is C12H23N4O2S-. The summed E-state index contributed by atoms with van der Waals surface area (Å²) in [4.78, 5) is 0. The molecule has 6 nitrogen and oxygen atoms in total. The maximum Gasteiger partial charge on any atom is 0.200 e. The first-order valence-electron chi connectivity index (χ1n) is 6.89. The molecule has 2 heterocycles. The predicted octanol–water partition coefficient (Wildman–Crippen LogP) is 1.31. The summed E-state index contributed by atoms with van der Waals surface area (Å²) in [6, 6.07) is 0. The van der Waals surface area contributed by atoms with Crippen LogP contribution in [0.1, 0.15) is 39.0 Å². The molecule has 110 valence electrons. The Morgan fingerprint density at radius 3 is 2.79 bits per heavy atom. The Balaban J connectivity index is 1.96. The molecule has 2 unspecified atom stereocenters. The summed E-state index contributed by atoms with van der Waals surface area (Å²) in [5.74, 6) is 0.539. The molecule has 2 atom stereocenters. The number of nitrogens with zero attached hydrogens (tertiary/aromatic N) is 3. The maximum absolute atomic E-state index is 12.3. The van der Waals surface area contributed by atoms with E-state index in [0.29, 0.717) is 12.4 Å². The molecule has 0 saturated carbocycles. The smallest absolute Gasteiger partial charge is 0.200 e. The Morgan fingerprint density at radius 2 is 2.11 bits per heavy atom. The minimum Gasteiger partial charge on any atom is -0.756 e. The first-order valence-corrected chi connectivity index (χ1v) is 7.95. The lowest BCUT2D eigenvalue weighted by atomic mass is 10.1. The summed E-state index contributed by atoms with van der Waals surface area (Å²) in [7, 11) is 3.49. The lowest BCUT2D eigenvalue weighted by molar-refractivity contribution is 0.283. The topological polar surface area (TPSA) is 61.9 Å². The Labute approximate surface area is 117 Å². The van der Waals surface area contributed by atoms with Crippen LogP contribution in [0.15, 0.2) is 11.5 Å². The van der Waals surface area contributed by atoms with Crippen molar-refractivity contribution in [1.82, 2.24) is 19.0 Å². The van der Waals surface area contributed by atoms with Crippen molar-refractivity contribution in [3.05, 3.63) is 16.7 Å². The summed E-state index contributed by atoms with van der Waals surface area (Å²) < 4.78 is 15.2. The number of likely N-dealkylation sites (N-methyl/N-ethyl adjacent to an activating group) is 1. The lowest BCUT2D eigenvalue weighted by Gasteiger charge is -2.39. The molecule has 0 aromatic carbocycles. The van der Waals surface area contributed by atoms with Gasteiger partial charge in [0.15, 0.2) is 11.2 Å². The molecule has 0 fully saturated rings. The molecule has 19 heavy (non-hydrogen) atoms. The molecule has 2 aliphatic rings. The molecule has 7 heteroatoms. The van der Waals surface area contributed by atoms with Crippen LogP contribution in [0.2, 0.25) is 0 Å². The van der Waals surface area contributed by atoms with Gasteiger partial charge in [0.05, 0.1) is 18.4 Å². The average molecular weight is 287 g/mol. The third-order valence-electron chi connectivity index (χ3n) is 3.61. The van der Waals surface area contributed by atoms with Gasteiger partial charge in [-0.25, -0.2) is 8.51 Å². The van der Waals surface area contributed by atoms with E-state index in [1.54, 1.807) is 22.7 Å². The number of hydrogen-bond acceptors (Lipinski definition) is 4. The van der Waals surface area contributed by atoms with Crippen LogP contribution in [0.25, 0.3) is 0 Å². The number of nitrogens with one attached hydrogen (secondary N) is 1. The van der Waals surface area contributed by atoms with Crippen molar-refractivity contribution in [1.29, 1.82) is 0 Å². The number of unbranched alkanes of at least 4 members (excludes halogenated alkanes) is 3. The van der Waals surface area contributed by atoms with Crippen molar-refractivity contribution in [3.63, 3.8) is 0 Å². The molecular weight excluding hydrogens is 264 g/mol. The highest BCUT2D eigenvalue weighted by molar-refractivity contribution is 7.80. The van der Waals surface area contributed by atoms with E-state index in [2.05, 4.69) is 12.2 Å². The third kappa shape index (κ3) is 2.88. The average Bonchev–Trinajstić information content (AvgIpc) is 2.69. The Morgan fingerprint density at radius 1 is 1.37 bits per heavy atom. The highest BCUT2D eigenvalue weighted by Crippen LogP contribution is 2.29. The second-order valence-electron chi connectivity index (χ2n) is 5.15. The van der Waals surface area contributed by atoms with Crippen LogP contribution in [-0.2, 0) is 11.2 Å². The van der Waals surface area contributed by atoms with Crippen LogP contribution in [-0.4, -0.2) is 44.7 Å². The van der Waals surface area contributed by atoms with E-state index in [1.165, 1.54) is 12.8 Å². The van der Waals surface area contributed by atoms with Gasteiger partial charge >= 0.3 is 0 Å². The Bertz CT molecular complexity index is 388. The van der Waals surface area contributed by atoms with Gasteiger partial charge in [0, 0.05) is 14.1 Å². The summed E-state index contributed by atoms with van der Waals surface area (Å²) in [5.41, 5.74) is 0.889. The second kappa shape index (κ2) is 6.11. The van der Waals surface area contributed by atoms with Gasteiger partial charge in [-0.05, 0) is 12.8 Å². The zero-order valence-corrected chi connectivity index (χ0v) is 12.7. The molecule has 2 rings (SSSR count). The molecule has 0 amide bonds. The molecule has 0 bridgehead atoms. The Kier molecular flexibility index (Phi) is 4.70. The van der Waals surface area contributed by atoms with Gasteiger partial charge in [-0.1, -0.05) is 26.2 Å². The van der Waals surface area contributed by atoms with Crippen LogP contribution in [0.4, 0.5) is 0 Å². The summed E-state index contributed by atoms with van der Waals surface area (Å²) in [5, 5.41) is 16.5. The predicted molar refractivity (Wildman–Crippen MR) is 76.5 cm³/mol. The normalized spacial score (nSPS) is 27.8. The van der Waals surface area contributed by atoms with E-state index in [4.69, 9.17) is 0 Å². The molecule has 0 aliphatic carbocycles. The molecule has 0 saturated heterocycles. The van der Waals surface area contributed by atoms with Crippen LogP contribution >= 0.6 is 0 Å². The van der Waals surface area contributed by atoms with Gasteiger partial charge in [0.2, 0.25) is 0 Å². The largest absolute Gasteiger partial charge is 0.756 e. The molecule has 1 N–H and O–H groups in total. The van der Waals surface area contributed by atoms with E-state index in [0.717, 1.165) is 30.0 Å². The fraction of sp³-hybridized carbons (Fsp3) is 0.833. The summed E-state index contributed by atoms with van der Waals surface area (Å²) in [6.07, 6.45) is 5.25. The molecule has 2 aliphatic heterocycles. The second-order valence-corrected chi connectivity index (χ2v) is 6.78. The van der Waals surface area contributed by atoms with Gasteiger partial charge in [-0.3, -0.25) is 4.31 Å². The van der Waals surface area contributed by atoms with Gasteiger partial charge < -0.3 is 15.6 Å². The summed E-state index contributed by atoms with van der Waals surface area (Å²) in [6.45, 7) is 2.71. The van der Waals surface area contributed by atoms with Crippen LogP contribution < -0.4 is 5.32 Å².